The van der Waals surface area contributed by atoms with Crippen molar-refractivity contribution in [3.63, 3.8) is 0 Å². The van der Waals surface area contributed by atoms with Gasteiger partial charge in [-0.1, -0.05) is 89.5 Å². The van der Waals surface area contributed by atoms with Crippen LogP contribution in [-0.2, 0) is 20.7 Å². The van der Waals surface area contributed by atoms with Gasteiger partial charge in [-0.3, -0.25) is 9.59 Å². The molecule has 1 aliphatic rings. The molecule has 1 aromatic rings. The minimum Gasteiger partial charge on any atom is -0.444 e. The minimum absolute atomic E-state index is 0.0817. The zero-order valence-electron chi connectivity index (χ0n) is 25.5. The maximum atomic E-state index is 14.0. The summed E-state index contributed by atoms with van der Waals surface area (Å²) in [5, 5.41) is 15.9. The molecule has 1 saturated carbocycles. The van der Waals surface area contributed by atoms with E-state index in [0.29, 0.717) is 6.54 Å². The molecule has 2 unspecified atom stereocenters. The standard InChI is InChI=1S/C32H53N3O5/c1-6-8-9-10-11-15-22-35(30(38)27(23-36)34-31(39)40-32(3,4)5)28(25-20-18-24(7-2)19-21-25)29(37)33-26-16-13-12-14-17-26/h18-21,26-28,36H,6-17,22-23H2,1-5H3,(H,33,37)(H,34,39). The lowest BCUT2D eigenvalue weighted by atomic mass is 9.94. The summed E-state index contributed by atoms with van der Waals surface area (Å²) in [5.74, 6) is -0.713. The van der Waals surface area contributed by atoms with Gasteiger partial charge in [0.1, 0.15) is 17.7 Å². The fraction of sp³-hybridized carbons (Fsp3) is 0.719. The third-order valence-electron chi connectivity index (χ3n) is 7.42. The van der Waals surface area contributed by atoms with E-state index in [9.17, 15) is 19.5 Å². The molecule has 0 radical (unpaired) electrons. The van der Waals surface area contributed by atoms with Crippen LogP contribution in [0.5, 0.6) is 0 Å². The summed E-state index contributed by atoms with van der Waals surface area (Å²) < 4.78 is 5.34. The fourth-order valence-corrected chi connectivity index (χ4v) is 5.20. The molecule has 0 bridgehead atoms. The quantitative estimate of drug-likeness (QED) is 0.235. The van der Waals surface area contributed by atoms with Gasteiger partial charge in [-0.25, -0.2) is 4.79 Å². The number of hydrogen-bond donors (Lipinski definition) is 3. The van der Waals surface area contributed by atoms with Gasteiger partial charge in [-0.2, -0.15) is 0 Å². The highest BCUT2D eigenvalue weighted by atomic mass is 16.6. The Bertz CT molecular complexity index is 906. The lowest BCUT2D eigenvalue weighted by molar-refractivity contribution is -0.143. The zero-order valence-corrected chi connectivity index (χ0v) is 25.5. The summed E-state index contributed by atoms with van der Waals surface area (Å²) in [4.78, 5) is 42.0. The van der Waals surface area contributed by atoms with Gasteiger partial charge >= 0.3 is 6.09 Å². The van der Waals surface area contributed by atoms with Crippen LogP contribution >= 0.6 is 0 Å². The molecule has 8 nitrogen and oxygen atoms in total. The second-order valence-electron chi connectivity index (χ2n) is 12.0. The molecule has 3 amide bonds. The van der Waals surface area contributed by atoms with Crippen LogP contribution in [0, 0.1) is 0 Å². The Morgan fingerprint density at radius 3 is 2.17 bits per heavy atom. The first kappa shape index (κ1) is 33.6. The normalized spacial score (nSPS) is 15.7. The number of nitrogens with zero attached hydrogens (tertiary/aromatic N) is 1. The second kappa shape index (κ2) is 17.3. The maximum Gasteiger partial charge on any atom is 0.408 e. The number of hydrogen-bond acceptors (Lipinski definition) is 5. The largest absolute Gasteiger partial charge is 0.444 e. The molecule has 1 aliphatic carbocycles. The molecule has 3 N–H and O–H groups in total. The van der Waals surface area contributed by atoms with Crippen molar-refractivity contribution >= 4 is 17.9 Å². The molecule has 0 saturated heterocycles. The van der Waals surface area contributed by atoms with E-state index in [2.05, 4.69) is 24.5 Å². The summed E-state index contributed by atoms with van der Waals surface area (Å²) in [6.45, 7) is 9.19. The molecule has 0 aromatic heterocycles. The van der Waals surface area contributed by atoms with Crippen molar-refractivity contribution in [2.75, 3.05) is 13.2 Å². The van der Waals surface area contributed by atoms with E-state index >= 15 is 0 Å². The molecule has 0 aliphatic heterocycles. The molecule has 2 rings (SSSR count). The number of aliphatic hydroxyl groups excluding tert-OH is 1. The number of aryl methyl sites for hydroxylation is 1. The van der Waals surface area contributed by atoms with Crippen molar-refractivity contribution in [3.05, 3.63) is 35.4 Å². The van der Waals surface area contributed by atoms with E-state index in [-0.39, 0.29) is 11.9 Å². The number of benzene rings is 1. The highest BCUT2D eigenvalue weighted by Crippen LogP contribution is 2.26. The Labute approximate surface area is 241 Å². The number of amides is 3. The van der Waals surface area contributed by atoms with Gasteiger partial charge in [0.2, 0.25) is 11.8 Å². The first-order valence-electron chi connectivity index (χ1n) is 15.4. The molecule has 8 heteroatoms. The molecular weight excluding hydrogens is 506 g/mol. The van der Waals surface area contributed by atoms with Crippen LogP contribution in [0.25, 0.3) is 0 Å². The van der Waals surface area contributed by atoms with E-state index in [1.54, 1.807) is 25.7 Å². The predicted octanol–water partition coefficient (Wildman–Crippen LogP) is 5.81. The highest BCUT2D eigenvalue weighted by molar-refractivity contribution is 5.92. The van der Waals surface area contributed by atoms with Gasteiger partial charge in [-0.05, 0) is 57.6 Å². The average molecular weight is 560 g/mol. The molecule has 0 spiro atoms. The Kier molecular flexibility index (Phi) is 14.5. The number of ether oxygens (including phenoxy) is 1. The van der Waals surface area contributed by atoms with Gasteiger partial charge in [0.25, 0.3) is 0 Å². The summed E-state index contributed by atoms with van der Waals surface area (Å²) in [5.41, 5.74) is 1.11. The Morgan fingerprint density at radius 1 is 0.975 bits per heavy atom. The van der Waals surface area contributed by atoms with Crippen molar-refractivity contribution < 1.29 is 24.2 Å². The molecule has 1 fully saturated rings. The smallest absolute Gasteiger partial charge is 0.408 e. The van der Waals surface area contributed by atoms with Gasteiger partial charge in [0.05, 0.1) is 6.61 Å². The highest BCUT2D eigenvalue weighted by Gasteiger charge is 2.36. The topological polar surface area (TPSA) is 108 Å². The maximum absolute atomic E-state index is 14.0. The Hall–Kier alpha value is -2.61. The fourth-order valence-electron chi connectivity index (χ4n) is 5.20. The monoisotopic (exact) mass is 559 g/mol. The van der Waals surface area contributed by atoms with E-state index in [0.717, 1.165) is 75.3 Å². The Balaban J connectivity index is 2.38. The van der Waals surface area contributed by atoms with Gasteiger partial charge < -0.3 is 25.4 Å². The van der Waals surface area contributed by atoms with Gasteiger partial charge in [-0.15, -0.1) is 0 Å². The van der Waals surface area contributed by atoms with Crippen molar-refractivity contribution in [1.29, 1.82) is 0 Å². The van der Waals surface area contributed by atoms with Crippen molar-refractivity contribution in [1.82, 2.24) is 15.5 Å². The van der Waals surface area contributed by atoms with Crippen LogP contribution in [0.15, 0.2) is 24.3 Å². The average Bonchev–Trinajstić information content (AvgIpc) is 2.92. The third-order valence-corrected chi connectivity index (χ3v) is 7.42. The van der Waals surface area contributed by atoms with Crippen LogP contribution in [0.2, 0.25) is 0 Å². The molecule has 40 heavy (non-hydrogen) atoms. The first-order chi connectivity index (χ1) is 19.1. The van der Waals surface area contributed by atoms with Gasteiger partial charge in [0.15, 0.2) is 0 Å². The van der Waals surface area contributed by atoms with E-state index < -0.39 is 36.3 Å². The first-order valence-corrected chi connectivity index (χ1v) is 15.4. The van der Waals surface area contributed by atoms with E-state index in [1.807, 2.05) is 24.3 Å². The summed E-state index contributed by atoms with van der Waals surface area (Å²) in [6.07, 6.45) is 11.4. The van der Waals surface area contributed by atoms with Crippen molar-refractivity contribution in [2.24, 2.45) is 0 Å². The number of carbonyl (C=O) groups is 3. The molecule has 226 valence electrons. The number of unbranched alkanes of at least 4 members (excludes halogenated alkanes) is 5. The van der Waals surface area contributed by atoms with Crippen LogP contribution in [0.4, 0.5) is 4.79 Å². The van der Waals surface area contributed by atoms with Crippen LogP contribution in [0.1, 0.15) is 122 Å². The number of rotatable bonds is 15. The van der Waals surface area contributed by atoms with Crippen molar-refractivity contribution in [3.8, 4) is 0 Å². The predicted molar refractivity (Wildman–Crippen MR) is 159 cm³/mol. The minimum atomic E-state index is -1.23. The molecule has 0 heterocycles. The number of aliphatic hydroxyl groups is 1. The van der Waals surface area contributed by atoms with Crippen LogP contribution < -0.4 is 10.6 Å². The lowest BCUT2D eigenvalue weighted by Crippen LogP contribution is -2.55. The molecule has 2 atom stereocenters. The van der Waals surface area contributed by atoms with Crippen LogP contribution in [0.3, 0.4) is 0 Å². The van der Waals surface area contributed by atoms with E-state index in [4.69, 9.17) is 4.74 Å². The van der Waals surface area contributed by atoms with Gasteiger partial charge in [0, 0.05) is 12.6 Å². The summed E-state index contributed by atoms with van der Waals surface area (Å²) in [6, 6.07) is 5.80. The lowest BCUT2D eigenvalue weighted by Gasteiger charge is -2.35. The van der Waals surface area contributed by atoms with E-state index in [1.165, 1.54) is 12.8 Å². The zero-order chi connectivity index (χ0) is 29.5. The molecule has 1 aromatic carbocycles. The number of carbonyl (C=O) groups excluding carboxylic acids is 3. The third kappa shape index (κ3) is 11.5. The SMILES string of the molecule is CCCCCCCCN(C(=O)C(CO)NC(=O)OC(C)(C)C)C(C(=O)NC1CCCCC1)c1ccc(CC)cc1. The number of alkyl carbamates (subject to hydrolysis) is 1. The number of nitrogens with one attached hydrogen (secondary N) is 2. The summed E-state index contributed by atoms with van der Waals surface area (Å²) in [7, 11) is 0. The summed E-state index contributed by atoms with van der Waals surface area (Å²) >= 11 is 0. The van der Waals surface area contributed by atoms with Crippen molar-refractivity contribution in [2.45, 2.75) is 135 Å². The molecular formula is C32H53N3O5. The second-order valence-corrected chi connectivity index (χ2v) is 12.0. The van der Waals surface area contributed by atoms with Crippen LogP contribution in [-0.4, -0.2) is 58.8 Å². The Morgan fingerprint density at radius 2 is 1.60 bits per heavy atom.